The topological polar surface area (TPSA) is 96.0 Å². The van der Waals surface area contributed by atoms with Crippen molar-refractivity contribution in [1.29, 1.82) is 0 Å². The molecule has 0 heterocycles. The summed E-state index contributed by atoms with van der Waals surface area (Å²) in [6, 6.07) is 25.4. The van der Waals surface area contributed by atoms with Gasteiger partial charge in [0.2, 0.25) is 11.8 Å². The van der Waals surface area contributed by atoms with Crippen molar-refractivity contribution in [2.45, 2.75) is 37.8 Å². The second-order valence-electron chi connectivity index (χ2n) is 11.2. The van der Waals surface area contributed by atoms with Crippen molar-refractivity contribution in [3.8, 4) is 5.75 Å². The van der Waals surface area contributed by atoms with Crippen LogP contribution in [-0.4, -0.2) is 51.4 Å². The van der Waals surface area contributed by atoms with E-state index in [2.05, 4.69) is 5.32 Å². The van der Waals surface area contributed by atoms with Crippen molar-refractivity contribution in [2.75, 3.05) is 24.5 Å². The molecular weight excluding hydrogens is 681 g/mol. The van der Waals surface area contributed by atoms with Gasteiger partial charge < -0.3 is 15.0 Å². The summed E-state index contributed by atoms with van der Waals surface area (Å²) < 4.78 is 34.6. The Bertz CT molecular complexity index is 1770. The van der Waals surface area contributed by atoms with Gasteiger partial charge in [-0.3, -0.25) is 13.9 Å². The molecule has 12 heteroatoms. The third kappa shape index (κ3) is 9.20. The van der Waals surface area contributed by atoms with Gasteiger partial charge in [-0.15, -0.1) is 0 Å². The molecule has 0 radical (unpaired) electrons. The molecule has 0 saturated carbocycles. The largest absolute Gasteiger partial charge is 0.495 e. The number of carbonyl (C=O) groups excluding carboxylic acids is 2. The van der Waals surface area contributed by atoms with E-state index in [4.69, 9.17) is 39.5 Å². The molecule has 1 N–H and O–H groups in total. The van der Waals surface area contributed by atoms with Crippen molar-refractivity contribution in [2.24, 2.45) is 5.92 Å². The number of halogens is 3. The Morgan fingerprint density at radius 1 is 0.830 bits per heavy atom. The lowest BCUT2D eigenvalue weighted by atomic mass is 10.0. The van der Waals surface area contributed by atoms with Crippen LogP contribution in [0.3, 0.4) is 0 Å². The second-order valence-corrected chi connectivity index (χ2v) is 14.3. The highest BCUT2D eigenvalue weighted by molar-refractivity contribution is 7.92. The summed E-state index contributed by atoms with van der Waals surface area (Å²) in [5, 5.41) is 3.70. The average Bonchev–Trinajstić information content (AvgIpc) is 3.06. The number of hydrogen-bond acceptors (Lipinski definition) is 5. The van der Waals surface area contributed by atoms with Gasteiger partial charge in [0.1, 0.15) is 18.3 Å². The van der Waals surface area contributed by atoms with Crippen LogP contribution in [0.1, 0.15) is 25.0 Å². The highest BCUT2D eigenvalue weighted by atomic mass is 35.5. The van der Waals surface area contributed by atoms with Crippen LogP contribution < -0.4 is 14.4 Å². The van der Waals surface area contributed by atoms with Gasteiger partial charge in [-0.05, 0) is 53.9 Å². The van der Waals surface area contributed by atoms with Gasteiger partial charge in [0, 0.05) is 35.1 Å². The predicted molar refractivity (Wildman–Crippen MR) is 188 cm³/mol. The monoisotopic (exact) mass is 715 g/mol. The second kappa shape index (κ2) is 16.4. The van der Waals surface area contributed by atoms with E-state index in [1.165, 1.54) is 42.3 Å². The molecular formula is C35H36Cl3N3O5S. The Morgan fingerprint density at radius 3 is 2.02 bits per heavy atom. The number of carbonyl (C=O) groups is 2. The van der Waals surface area contributed by atoms with E-state index in [0.717, 1.165) is 9.87 Å². The van der Waals surface area contributed by atoms with Gasteiger partial charge >= 0.3 is 0 Å². The fourth-order valence-corrected chi connectivity index (χ4v) is 7.09. The van der Waals surface area contributed by atoms with E-state index < -0.39 is 34.4 Å². The van der Waals surface area contributed by atoms with Crippen LogP contribution in [0.5, 0.6) is 5.75 Å². The number of rotatable bonds is 14. The number of amides is 2. The van der Waals surface area contributed by atoms with Crippen LogP contribution in [0.25, 0.3) is 0 Å². The van der Waals surface area contributed by atoms with Crippen LogP contribution in [0, 0.1) is 5.92 Å². The van der Waals surface area contributed by atoms with E-state index in [-0.39, 0.29) is 34.5 Å². The molecule has 0 aliphatic carbocycles. The molecule has 47 heavy (non-hydrogen) atoms. The smallest absolute Gasteiger partial charge is 0.264 e. The minimum atomic E-state index is -4.30. The molecule has 1 unspecified atom stereocenters. The number of hydrogen-bond donors (Lipinski definition) is 1. The number of benzene rings is 4. The molecule has 0 aliphatic rings. The first-order valence-corrected chi connectivity index (χ1v) is 17.4. The Labute approximate surface area is 291 Å². The third-order valence-corrected chi connectivity index (χ3v) is 10.2. The number of nitrogens with zero attached hydrogens (tertiary/aromatic N) is 2. The zero-order valence-corrected chi connectivity index (χ0v) is 29.3. The summed E-state index contributed by atoms with van der Waals surface area (Å²) in [5.41, 5.74) is 1.35. The molecule has 2 amide bonds. The van der Waals surface area contributed by atoms with Crippen LogP contribution in [0.4, 0.5) is 5.69 Å². The molecule has 8 nitrogen and oxygen atoms in total. The lowest BCUT2D eigenvalue weighted by Gasteiger charge is -2.34. The standard InChI is InChI=1S/C35H36Cl3N3O5S/c1-24(2)21-39-35(43)32(19-25-11-6-4-7-12-25)40(22-28-29(36)15-10-16-30(28)37)34(42)23-41(26-17-18-33(46-3)31(38)20-26)47(44,45)27-13-8-5-9-14-27/h4-18,20,24,32H,19,21-23H2,1-3H3,(H,39,43). The molecule has 0 saturated heterocycles. The first-order valence-electron chi connectivity index (χ1n) is 14.9. The molecule has 1 atom stereocenters. The maximum atomic E-state index is 14.6. The van der Waals surface area contributed by atoms with Gasteiger partial charge in [-0.1, -0.05) is 103 Å². The Kier molecular flexibility index (Phi) is 12.6. The first kappa shape index (κ1) is 36.1. The third-order valence-electron chi connectivity index (χ3n) is 7.38. The van der Waals surface area contributed by atoms with Crippen LogP contribution in [0.2, 0.25) is 15.1 Å². The average molecular weight is 717 g/mol. The van der Waals surface area contributed by atoms with Crippen molar-refractivity contribution in [1.82, 2.24) is 10.2 Å². The quantitative estimate of drug-likeness (QED) is 0.148. The number of sulfonamides is 1. The molecule has 0 bridgehead atoms. The van der Waals surface area contributed by atoms with Crippen molar-refractivity contribution in [3.05, 3.63) is 123 Å². The van der Waals surface area contributed by atoms with Gasteiger partial charge in [-0.2, -0.15) is 0 Å². The van der Waals surface area contributed by atoms with E-state index in [9.17, 15) is 18.0 Å². The number of anilines is 1. The predicted octanol–water partition coefficient (Wildman–Crippen LogP) is 7.26. The molecule has 0 aromatic heterocycles. The fraction of sp³-hybridized carbons (Fsp3) is 0.257. The number of methoxy groups -OCH3 is 1. The molecule has 4 rings (SSSR count). The van der Waals surface area contributed by atoms with Crippen molar-refractivity contribution >= 4 is 62.3 Å². The summed E-state index contributed by atoms with van der Waals surface area (Å²) in [5.74, 6) is -0.583. The lowest BCUT2D eigenvalue weighted by Crippen LogP contribution is -2.53. The first-order chi connectivity index (χ1) is 22.4. The molecule has 4 aromatic carbocycles. The molecule has 0 spiro atoms. The minimum Gasteiger partial charge on any atom is -0.495 e. The number of ether oxygens (including phenoxy) is 1. The zero-order valence-electron chi connectivity index (χ0n) is 26.2. The van der Waals surface area contributed by atoms with Crippen LogP contribution in [-0.2, 0) is 32.6 Å². The van der Waals surface area contributed by atoms with E-state index in [1.807, 2.05) is 44.2 Å². The molecule has 4 aromatic rings. The maximum absolute atomic E-state index is 14.6. The molecule has 0 aliphatic heterocycles. The number of nitrogens with one attached hydrogen (secondary N) is 1. The van der Waals surface area contributed by atoms with Crippen LogP contribution >= 0.6 is 34.8 Å². The Balaban J connectivity index is 1.85. The summed E-state index contributed by atoms with van der Waals surface area (Å²) >= 11 is 19.6. The van der Waals surface area contributed by atoms with Crippen molar-refractivity contribution < 1.29 is 22.7 Å². The minimum absolute atomic E-state index is 0.0315. The maximum Gasteiger partial charge on any atom is 0.264 e. The van der Waals surface area contributed by atoms with Gasteiger partial charge in [0.25, 0.3) is 10.0 Å². The molecule has 0 fully saturated rings. The zero-order chi connectivity index (χ0) is 34.1. The highest BCUT2D eigenvalue weighted by Gasteiger charge is 2.35. The lowest BCUT2D eigenvalue weighted by molar-refractivity contribution is -0.140. The van der Waals surface area contributed by atoms with E-state index in [0.29, 0.717) is 27.9 Å². The van der Waals surface area contributed by atoms with Crippen LogP contribution in [0.15, 0.2) is 102 Å². The Hall–Kier alpha value is -3.76. The van der Waals surface area contributed by atoms with Gasteiger partial charge in [0.15, 0.2) is 0 Å². The van der Waals surface area contributed by atoms with Gasteiger partial charge in [0.05, 0.1) is 22.7 Å². The summed E-state index contributed by atoms with van der Waals surface area (Å²) in [7, 11) is -2.86. The highest BCUT2D eigenvalue weighted by Crippen LogP contribution is 2.33. The summed E-state index contributed by atoms with van der Waals surface area (Å²) in [4.78, 5) is 29.8. The normalized spacial score (nSPS) is 12.0. The Morgan fingerprint density at radius 2 is 1.45 bits per heavy atom. The SMILES string of the molecule is COc1ccc(N(CC(=O)N(Cc2c(Cl)cccc2Cl)C(Cc2ccccc2)C(=O)NCC(C)C)S(=O)(=O)c2ccccc2)cc1Cl. The summed E-state index contributed by atoms with van der Waals surface area (Å²) in [6.07, 6.45) is 0.151. The summed E-state index contributed by atoms with van der Waals surface area (Å²) in [6.45, 7) is 3.48. The van der Waals surface area contributed by atoms with E-state index >= 15 is 0 Å². The fourth-order valence-electron chi connectivity index (χ4n) is 4.89. The van der Waals surface area contributed by atoms with Gasteiger partial charge in [-0.25, -0.2) is 8.42 Å². The molecule has 248 valence electrons. The van der Waals surface area contributed by atoms with E-state index in [1.54, 1.807) is 36.4 Å². The van der Waals surface area contributed by atoms with Crippen molar-refractivity contribution in [3.63, 3.8) is 0 Å².